The van der Waals surface area contributed by atoms with E-state index in [0.29, 0.717) is 42.8 Å². The number of rotatable bonds is 8. The van der Waals surface area contributed by atoms with E-state index in [0.717, 1.165) is 22.3 Å². The van der Waals surface area contributed by atoms with Gasteiger partial charge >= 0.3 is 0 Å². The van der Waals surface area contributed by atoms with Gasteiger partial charge in [0.25, 0.3) is 11.5 Å². The zero-order valence-corrected chi connectivity index (χ0v) is 26.5. The summed E-state index contributed by atoms with van der Waals surface area (Å²) in [6.45, 7) is 4.00. The third kappa shape index (κ3) is 6.34. The summed E-state index contributed by atoms with van der Waals surface area (Å²) in [5.74, 6) is 1.01. The van der Waals surface area contributed by atoms with E-state index in [9.17, 15) is 9.59 Å². The highest BCUT2D eigenvalue weighted by molar-refractivity contribution is 7.07. The molecule has 4 aromatic carbocycles. The summed E-state index contributed by atoms with van der Waals surface area (Å²) in [7, 11) is 1.61. The molecule has 1 aliphatic rings. The summed E-state index contributed by atoms with van der Waals surface area (Å²) >= 11 is 7.40. The van der Waals surface area contributed by atoms with Crippen molar-refractivity contribution in [2.45, 2.75) is 26.5 Å². The summed E-state index contributed by atoms with van der Waals surface area (Å²) in [5.41, 5.74) is 4.84. The second-order valence-electron chi connectivity index (χ2n) is 10.6. The Labute approximate surface area is 269 Å². The number of benzene rings is 4. The first-order chi connectivity index (χ1) is 21.8. The SMILES string of the molecule is COc1ccc(C=c2sc3n(c2=O)[C@H](c2ccccc2)C(C(=O)Nc2ccccc2C)=C(C)N=3)cc1COc1cccc(Cl)c1. The Morgan fingerprint density at radius 3 is 2.53 bits per heavy atom. The zero-order chi connectivity index (χ0) is 31.5. The summed E-state index contributed by atoms with van der Waals surface area (Å²) < 4.78 is 13.7. The molecule has 0 aliphatic carbocycles. The molecule has 0 unspecified atom stereocenters. The topological polar surface area (TPSA) is 81.9 Å². The molecule has 0 spiro atoms. The summed E-state index contributed by atoms with van der Waals surface area (Å²) in [6.07, 6.45) is 1.83. The Balaban J connectivity index is 1.40. The Morgan fingerprint density at radius 2 is 1.78 bits per heavy atom. The van der Waals surface area contributed by atoms with Crippen LogP contribution in [0.3, 0.4) is 0 Å². The zero-order valence-electron chi connectivity index (χ0n) is 24.9. The molecule has 5 aromatic rings. The number of hydrogen-bond acceptors (Lipinski definition) is 6. The first-order valence-corrected chi connectivity index (χ1v) is 15.5. The molecule has 6 rings (SSSR count). The molecule has 1 aromatic heterocycles. The van der Waals surface area contributed by atoms with Crippen LogP contribution in [0.1, 0.15) is 35.2 Å². The summed E-state index contributed by atoms with van der Waals surface area (Å²) in [5, 5.41) is 3.63. The third-order valence-electron chi connectivity index (χ3n) is 7.57. The van der Waals surface area contributed by atoms with Crippen molar-refractivity contribution in [1.29, 1.82) is 0 Å². The van der Waals surface area contributed by atoms with Crippen LogP contribution in [0.4, 0.5) is 5.69 Å². The van der Waals surface area contributed by atoms with Gasteiger partial charge in [0.2, 0.25) is 0 Å². The van der Waals surface area contributed by atoms with Gasteiger partial charge < -0.3 is 14.8 Å². The first-order valence-electron chi connectivity index (χ1n) is 14.3. The number of carbonyl (C=O) groups is 1. The maximum absolute atomic E-state index is 14.1. The molecule has 1 atom stereocenters. The van der Waals surface area contributed by atoms with Crippen molar-refractivity contribution in [3.8, 4) is 11.5 Å². The average molecular weight is 636 g/mol. The van der Waals surface area contributed by atoms with E-state index < -0.39 is 6.04 Å². The van der Waals surface area contributed by atoms with Crippen molar-refractivity contribution in [2.75, 3.05) is 12.4 Å². The molecule has 0 bridgehead atoms. The largest absolute Gasteiger partial charge is 0.496 e. The van der Waals surface area contributed by atoms with E-state index in [1.54, 1.807) is 23.8 Å². The molecule has 1 N–H and O–H groups in total. The number of ether oxygens (including phenoxy) is 2. The fourth-order valence-corrected chi connectivity index (χ4v) is 6.56. The number of nitrogens with zero attached hydrogens (tertiary/aromatic N) is 2. The van der Waals surface area contributed by atoms with E-state index >= 15 is 0 Å². The standard InChI is InChI=1S/C36H30ClN3O4S/c1-22-10-7-8-15-29(22)39-34(41)32-23(2)38-36-40(33(32)25-11-5-4-6-12-25)35(42)31(45-36)19-24-16-17-30(43-3)26(18-24)21-44-28-14-9-13-27(37)20-28/h4-20,33H,21H2,1-3H3,(H,39,41)/t33-/m1/s1. The molecule has 226 valence electrons. The van der Waals surface area contributed by atoms with Crippen molar-refractivity contribution in [3.63, 3.8) is 0 Å². The lowest BCUT2D eigenvalue weighted by Gasteiger charge is -2.25. The van der Waals surface area contributed by atoms with E-state index in [1.807, 2.05) is 105 Å². The highest BCUT2D eigenvalue weighted by atomic mass is 35.5. The number of para-hydroxylation sites is 1. The minimum Gasteiger partial charge on any atom is -0.496 e. The average Bonchev–Trinajstić information content (AvgIpc) is 3.34. The minimum absolute atomic E-state index is 0.228. The molecule has 0 saturated heterocycles. The highest BCUT2D eigenvalue weighted by Gasteiger charge is 2.32. The lowest BCUT2D eigenvalue weighted by molar-refractivity contribution is -0.113. The predicted octanol–water partition coefficient (Wildman–Crippen LogP) is 6.42. The summed E-state index contributed by atoms with van der Waals surface area (Å²) in [6, 6.07) is 29.4. The minimum atomic E-state index is -0.647. The van der Waals surface area contributed by atoms with Gasteiger partial charge in [-0.3, -0.25) is 14.2 Å². The number of carbonyl (C=O) groups excluding carboxylic acids is 1. The highest BCUT2D eigenvalue weighted by Crippen LogP contribution is 2.31. The van der Waals surface area contributed by atoms with Gasteiger partial charge in [-0.1, -0.05) is 83.6 Å². The fraction of sp³-hybridized carbons (Fsp3) is 0.139. The molecule has 0 saturated carbocycles. The van der Waals surface area contributed by atoms with Crippen molar-refractivity contribution >= 4 is 40.6 Å². The van der Waals surface area contributed by atoms with Crippen molar-refractivity contribution in [2.24, 2.45) is 4.99 Å². The number of aryl methyl sites for hydroxylation is 1. The monoisotopic (exact) mass is 635 g/mol. The molecule has 9 heteroatoms. The Hall–Kier alpha value is -4.92. The van der Waals surface area contributed by atoms with Gasteiger partial charge in [-0.2, -0.15) is 0 Å². The number of allylic oxidation sites excluding steroid dienone is 1. The second-order valence-corrected chi connectivity index (χ2v) is 12.0. The maximum Gasteiger partial charge on any atom is 0.271 e. The van der Waals surface area contributed by atoms with Gasteiger partial charge in [0, 0.05) is 16.3 Å². The smallest absolute Gasteiger partial charge is 0.271 e. The van der Waals surface area contributed by atoms with Crippen LogP contribution >= 0.6 is 22.9 Å². The lowest BCUT2D eigenvalue weighted by atomic mass is 9.95. The number of nitrogens with one attached hydrogen (secondary N) is 1. The van der Waals surface area contributed by atoms with E-state index in [4.69, 9.17) is 26.1 Å². The fourth-order valence-electron chi connectivity index (χ4n) is 5.34. The van der Waals surface area contributed by atoms with Crippen LogP contribution in [0.5, 0.6) is 11.5 Å². The van der Waals surface area contributed by atoms with Crippen molar-refractivity contribution in [1.82, 2.24) is 4.57 Å². The van der Waals surface area contributed by atoms with Crippen LogP contribution < -0.4 is 29.7 Å². The molecule has 1 amide bonds. The van der Waals surface area contributed by atoms with E-state index in [2.05, 4.69) is 5.32 Å². The summed E-state index contributed by atoms with van der Waals surface area (Å²) in [4.78, 5) is 33.2. The van der Waals surface area contributed by atoms with Crippen LogP contribution in [0, 0.1) is 6.92 Å². The van der Waals surface area contributed by atoms with E-state index in [-0.39, 0.29) is 18.1 Å². The Bertz CT molecular complexity index is 2120. The number of anilines is 1. The predicted molar refractivity (Wildman–Crippen MR) is 179 cm³/mol. The van der Waals surface area contributed by atoms with Gasteiger partial charge in [-0.25, -0.2) is 4.99 Å². The molecule has 2 heterocycles. The molecule has 0 fully saturated rings. The second kappa shape index (κ2) is 13.0. The molecule has 45 heavy (non-hydrogen) atoms. The molecule has 7 nitrogen and oxygen atoms in total. The Morgan fingerprint density at radius 1 is 1.00 bits per heavy atom. The molecular formula is C36H30ClN3O4S. The van der Waals surface area contributed by atoms with Crippen LogP contribution in [0.15, 0.2) is 118 Å². The number of amides is 1. The number of thiazole rings is 1. The normalized spacial score (nSPS) is 14.5. The first kappa shape index (κ1) is 30.1. The van der Waals surface area contributed by atoms with Gasteiger partial charge in [0.05, 0.1) is 29.0 Å². The number of methoxy groups -OCH3 is 1. The number of hydrogen-bond donors (Lipinski definition) is 1. The maximum atomic E-state index is 14.1. The Kier molecular flexibility index (Phi) is 8.69. The van der Waals surface area contributed by atoms with Crippen molar-refractivity contribution < 1.29 is 14.3 Å². The van der Waals surface area contributed by atoms with Crippen LogP contribution in [0.2, 0.25) is 5.02 Å². The quantitative estimate of drug-likeness (QED) is 0.213. The molecule has 1 aliphatic heterocycles. The van der Waals surface area contributed by atoms with Crippen LogP contribution in [-0.2, 0) is 11.4 Å². The van der Waals surface area contributed by atoms with Crippen LogP contribution in [0.25, 0.3) is 6.08 Å². The molecule has 0 radical (unpaired) electrons. The number of fused-ring (bicyclic) bond motifs is 1. The van der Waals surface area contributed by atoms with E-state index in [1.165, 1.54) is 11.3 Å². The number of halogens is 1. The lowest BCUT2D eigenvalue weighted by Crippen LogP contribution is -2.40. The van der Waals surface area contributed by atoms with Gasteiger partial charge in [0.15, 0.2) is 4.80 Å². The number of aromatic nitrogens is 1. The van der Waals surface area contributed by atoms with Gasteiger partial charge in [-0.15, -0.1) is 0 Å². The molecular weight excluding hydrogens is 606 g/mol. The van der Waals surface area contributed by atoms with Crippen molar-refractivity contribution in [3.05, 3.63) is 155 Å². The van der Waals surface area contributed by atoms with Gasteiger partial charge in [-0.05, 0) is 73.0 Å². The third-order valence-corrected chi connectivity index (χ3v) is 8.79. The van der Waals surface area contributed by atoms with Crippen LogP contribution in [-0.4, -0.2) is 17.6 Å². The van der Waals surface area contributed by atoms with Gasteiger partial charge in [0.1, 0.15) is 18.1 Å².